The summed E-state index contributed by atoms with van der Waals surface area (Å²) in [5.41, 5.74) is 0.384. The van der Waals surface area contributed by atoms with Crippen molar-refractivity contribution in [3.8, 4) is 0 Å². The number of cyclic esters (lactones) is 1. The van der Waals surface area contributed by atoms with Gasteiger partial charge < -0.3 is 0 Å². The van der Waals surface area contributed by atoms with Gasteiger partial charge in [0, 0.05) is 0 Å². The maximum absolute atomic E-state index is 14.6. The molecule has 2 aliphatic heterocycles. The second-order valence-corrected chi connectivity index (χ2v) is 12.2. The van der Waals surface area contributed by atoms with E-state index in [1.54, 1.807) is 13.0 Å². The number of alkyl halides is 2. The first kappa shape index (κ1) is 13.8. The third kappa shape index (κ3) is 2.32. The molecule has 1 saturated carbocycles. The van der Waals surface area contributed by atoms with Gasteiger partial charge in [-0.3, -0.25) is 0 Å². The first-order valence-corrected chi connectivity index (χ1v) is 11.2. The predicted octanol–water partition coefficient (Wildman–Crippen LogP) is 2.89. The van der Waals surface area contributed by atoms with Gasteiger partial charge in [0.05, 0.1) is 0 Å². The van der Waals surface area contributed by atoms with Crippen LogP contribution in [-0.2, 0) is 11.3 Å². The zero-order chi connectivity index (χ0) is 14.8. The van der Waals surface area contributed by atoms with Gasteiger partial charge >= 0.3 is 129 Å². The second kappa shape index (κ2) is 4.55. The fourth-order valence-corrected chi connectivity index (χ4v) is 7.52. The molecule has 2 heterocycles. The van der Waals surface area contributed by atoms with Gasteiger partial charge in [-0.25, -0.2) is 0 Å². The molecule has 1 aromatic carbocycles. The number of amides is 1. The molecular weight excluding hydrogens is 388 g/mol. The van der Waals surface area contributed by atoms with E-state index in [1.165, 1.54) is 13.8 Å². The SMILES string of the molecule is CC1(O)CC(N2C(=O)OCc3cc(I4CC4)cc(F)c32)C1. The van der Waals surface area contributed by atoms with Crippen LogP contribution in [0.1, 0.15) is 25.3 Å². The number of anilines is 1. The van der Waals surface area contributed by atoms with Gasteiger partial charge in [0.2, 0.25) is 0 Å². The molecule has 0 radical (unpaired) electrons. The molecule has 21 heavy (non-hydrogen) atoms. The van der Waals surface area contributed by atoms with Crippen LogP contribution in [0.25, 0.3) is 0 Å². The van der Waals surface area contributed by atoms with Crippen LogP contribution in [0.2, 0.25) is 0 Å². The number of nitrogens with zero attached hydrogens (tertiary/aromatic N) is 1. The third-order valence-corrected chi connectivity index (χ3v) is 8.84. The molecular formula is C15H17FINO3. The summed E-state index contributed by atoms with van der Waals surface area (Å²) in [4.78, 5) is 13.5. The van der Waals surface area contributed by atoms with Gasteiger partial charge in [-0.15, -0.1) is 0 Å². The Bertz CT molecular complexity index is 622. The van der Waals surface area contributed by atoms with Crippen molar-refractivity contribution in [1.82, 2.24) is 0 Å². The van der Waals surface area contributed by atoms with Crippen molar-refractivity contribution in [1.29, 1.82) is 0 Å². The summed E-state index contributed by atoms with van der Waals surface area (Å²) in [6.07, 6.45) is 0.419. The molecule has 2 fully saturated rings. The van der Waals surface area contributed by atoms with Crippen molar-refractivity contribution >= 4 is 31.6 Å². The van der Waals surface area contributed by atoms with Crippen LogP contribution in [0.5, 0.6) is 0 Å². The summed E-state index contributed by atoms with van der Waals surface area (Å²) < 4.78 is 23.5. The summed E-state index contributed by atoms with van der Waals surface area (Å²) in [6.45, 7) is 1.89. The summed E-state index contributed by atoms with van der Waals surface area (Å²) in [5.74, 6) is -0.310. The van der Waals surface area contributed by atoms with E-state index in [0.717, 1.165) is 9.13 Å². The number of rotatable bonds is 2. The fraction of sp³-hybridized carbons (Fsp3) is 0.533. The topological polar surface area (TPSA) is 49.8 Å². The molecule has 0 aromatic heterocycles. The molecule has 1 amide bonds. The van der Waals surface area contributed by atoms with Crippen molar-refractivity contribution in [2.24, 2.45) is 0 Å². The number of benzene rings is 1. The second-order valence-electron chi connectivity index (χ2n) is 6.21. The summed E-state index contributed by atoms with van der Waals surface area (Å²) in [7, 11) is 0. The Morgan fingerprint density at radius 3 is 2.76 bits per heavy atom. The Morgan fingerprint density at radius 1 is 1.43 bits per heavy atom. The molecule has 0 atom stereocenters. The van der Waals surface area contributed by atoms with Gasteiger partial charge in [0.25, 0.3) is 0 Å². The van der Waals surface area contributed by atoms with Gasteiger partial charge in [0.15, 0.2) is 0 Å². The molecule has 4 rings (SSSR count). The number of fused-ring (bicyclic) bond motifs is 1. The number of aliphatic hydroxyl groups is 1. The summed E-state index contributed by atoms with van der Waals surface area (Å²) in [5, 5.41) is 9.88. The monoisotopic (exact) mass is 405 g/mol. The average Bonchev–Trinajstić information content (AvgIpc) is 3.20. The predicted molar refractivity (Wildman–Crippen MR) is 85.2 cm³/mol. The number of carbonyl (C=O) groups excluding carboxylic acids is 1. The number of hydrogen-bond acceptors (Lipinski definition) is 3. The van der Waals surface area contributed by atoms with Crippen molar-refractivity contribution < 1.29 is 19.0 Å². The molecule has 1 N–H and O–H groups in total. The Labute approximate surface area is 129 Å². The van der Waals surface area contributed by atoms with E-state index in [9.17, 15) is 14.3 Å². The van der Waals surface area contributed by atoms with Gasteiger partial charge in [-0.05, 0) is 0 Å². The van der Waals surface area contributed by atoms with Gasteiger partial charge in [-0.1, -0.05) is 0 Å². The van der Waals surface area contributed by atoms with E-state index in [4.69, 9.17) is 4.74 Å². The van der Waals surface area contributed by atoms with Crippen LogP contribution < -0.4 is 4.90 Å². The first-order chi connectivity index (χ1) is 9.94. The number of hydrogen-bond donors (Lipinski definition) is 1. The van der Waals surface area contributed by atoms with Crippen LogP contribution in [0.15, 0.2) is 12.1 Å². The van der Waals surface area contributed by atoms with E-state index in [1.807, 2.05) is 6.07 Å². The molecule has 4 nitrogen and oxygen atoms in total. The summed E-state index contributed by atoms with van der Waals surface area (Å²) >= 11 is -1.04. The van der Waals surface area contributed by atoms with E-state index in [0.29, 0.717) is 18.5 Å². The molecule has 0 spiro atoms. The van der Waals surface area contributed by atoms with Crippen molar-refractivity contribution in [3.05, 3.63) is 27.1 Å². The van der Waals surface area contributed by atoms with Crippen LogP contribution >= 0.6 is 19.8 Å². The fourth-order valence-electron chi connectivity index (χ4n) is 3.18. The standard InChI is InChI=1S/C15H17FINO3/c1-15(20)6-11(7-15)18-13-9(8-21-14(18)19)4-10(5-12(13)16)17-2-3-17/h4-5,11,20H,2-3,6-8H2,1H3. The van der Waals surface area contributed by atoms with Crippen molar-refractivity contribution in [2.45, 2.75) is 38.0 Å². The van der Waals surface area contributed by atoms with Crippen molar-refractivity contribution in [3.63, 3.8) is 0 Å². The molecule has 0 unspecified atom stereocenters. The molecule has 0 bridgehead atoms. The number of halogens is 2. The minimum atomic E-state index is -1.04. The van der Waals surface area contributed by atoms with Crippen LogP contribution in [0.4, 0.5) is 14.9 Å². The number of carbonyl (C=O) groups is 1. The maximum atomic E-state index is 14.6. The molecule has 1 aromatic rings. The van der Waals surface area contributed by atoms with Gasteiger partial charge in [0.1, 0.15) is 0 Å². The van der Waals surface area contributed by atoms with Crippen LogP contribution in [0, 0.1) is 9.39 Å². The first-order valence-electron chi connectivity index (χ1n) is 7.07. The van der Waals surface area contributed by atoms with E-state index < -0.39 is 31.5 Å². The minimum absolute atomic E-state index is 0.155. The van der Waals surface area contributed by atoms with Crippen LogP contribution in [-0.4, -0.2) is 31.7 Å². The molecule has 1 aliphatic carbocycles. The molecule has 1 saturated heterocycles. The Hall–Kier alpha value is -0.890. The molecule has 3 aliphatic rings. The molecule has 6 heteroatoms. The van der Waals surface area contributed by atoms with E-state index >= 15 is 0 Å². The zero-order valence-electron chi connectivity index (χ0n) is 11.7. The van der Waals surface area contributed by atoms with E-state index in [2.05, 4.69) is 0 Å². The van der Waals surface area contributed by atoms with E-state index in [-0.39, 0.29) is 18.5 Å². The zero-order valence-corrected chi connectivity index (χ0v) is 13.9. The third-order valence-electron chi connectivity index (χ3n) is 4.30. The van der Waals surface area contributed by atoms with Gasteiger partial charge in [-0.2, -0.15) is 0 Å². The number of ether oxygens (including phenoxy) is 1. The Kier molecular flexibility index (Phi) is 2.98. The van der Waals surface area contributed by atoms with Crippen LogP contribution in [0.3, 0.4) is 0 Å². The average molecular weight is 405 g/mol. The Morgan fingerprint density at radius 2 is 2.14 bits per heavy atom. The Balaban J connectivity index is 1.72. The quantitative estimate of drug-likeness (QED) is 0.608. The molecule has 114 valence electrons. The summed E-state index contributed by atoms with van der Waals surface area (Å²) in [6, 6.07) is 3.48. The van der Waals surface area contributed by atoms with Crippen molar-refractivity contribution in [2.75, 3.05) is 13.8 Å². The normalized spacial score (nSPS) is 32.3.